The predicted octanol–water partition coefficient (Wildman–Crippen LogP) is 4.01. The molecule has 0 atom stereocenters. The number of hydrogen-bond donors (Lipinski definition) is 3. The Morgan fingerprint density at radius 2 is 1.66 bits per heavy atom. The van der Waals surface area contributed by atoms with Gasteiger partial charge in [0.05, 0.1) is 0 Å². The van der Waals surface area contributed by atoms with Gasteiger partial charge in [0.25, 0.3) is 0 Å². The number of carbonyl (C=O) groups excluding carboxylic acids is 1. The largest absolute Gasteiger partial charge is 0.363 e. The second kappa shape index (κ2) is 9.11. The molecule has 0 bridgehead atoms. The molecular weight excluding hydrogens is 364 g/mol. The molecule has 0 radical (unpaired) electrons. The average Bonchev–Trinajstić information content (AvgIpc) is 2.66. The number of aromatic nitrogens is 2. The first kappa shape index (κ1) is 20.9. The highest BCUT2D eigenvalue weighted by atomic mass is 16.2. The maximum absolute atomic E-state index is 12.5. The van der Waals surface area contributed by atoms with Crippen LogP contribution in [0, 0.1) is 20.8 Å². The van der Waals surface area contributed by atoms with Crippen LogP contribution in [0.2, 0.25) is 0 Å². The lowest BCUT2D eigenvalue weighted by atomic mass is 9.91. The molecule has 1 aromatic carbocycles. The Morgan fingerprint density at radius 1 is 1.03 bits per heavy atom. The van der Waals surface area contributed by atoms with Gasteiger partial charge in [-0.05, 0) is 63.6 Å². The van der Waals surface area contributed by atoms with Crippen molar-refractivity contribution in [1.29, 1.82) is 0 Å². The maximum atomic E-state index is 12.5. The van der Waals surface area contributed by atoms with Crippen LogP contribution >= 0.6 is 0 Å². The summed E-state index contributed by atoms with van der Waals surface area (Å²) in [6, 6.07) is 6.46. The number of nitrogens with zero attached hydrogens (tertiary/aromatic N) is 3. The minimum atomic E-state index is -0.126. The Labute approximate surface area is 173 Å². The summed E-state index contributed by atoms with van der Waals surface area (Å²) in [5.41, 5.74) is 4.29. The fourth-order valence-corrected chi connectivity index (χ4v) is 3.94. The van der Waals surface area contributed by atoms with Crippen molar-refractivity contribution >= 4 is 23.5 Å². The molecule has 1 aromatic heterocycles. The van der Waals surface area contributed by atoms with Crippen LogP contribution in [0.3, 0.4) is 0 Å². The fraction of sp³-hybridized carbons (Fsp3) is 0.500. The van der Waals surface area contributed by atoms with E-state index in [1.165, 1.54) is 5.56 Å². The average molecular weight is 397 g/mol. The molecular formula is C22H32N6O. The zero-order chi connectivity index (χ0) is 21.0. The van der Waals surface area contributed by atoms with Crippen LogP contribution in [0.4, 0.5) is 22.2 Å². The molecule has 2 aromatic rings. The molecule has 3 rings (SSSR count). The number of hydrogen-bond acceptors (Lipinski definition) is 5. The van der Waals surface area contributed by atoms with Crippen LogP contribution in [-0.2, 0) is 0 Å². The summed E-state index contributed by atoms with van der Waals surface area (Å²) in [5.74, 6) is 1.55. The molecule has 1 aliphatic carbocycles. The Morgan fingerprint density at radius 3 is 2.28 bits per heavy atom. The highest BCUT2D eigenvalue weighted by Gasteiger charge is 2.23. The van der Waals surface area contributed by atoms with Gasteiger partial charge in [0.1, 0.15) is 5.82 Å². The summed E-state index contributed by atoms with van der Waals surface area (Å²) in [6.45, 7) is 6.12. The van der Waals surface area contributed by atoms with E-state index in [1.807, 2.05) is 38.9 Å². The molecule has 0 aliphatic heterocycles. The number of carbonyl (C=O) groups is 1. The van der Waals surface area contributed by atoms with E-state index in [0.29, 0.717) is 12.0 Å². The van der Waals surface area contributed by atoms with Gasteiger partial charge >= 0.3 is 6.03 Å². The van der Waals surface area contributed by atoms with Crippen molar-refractivity contribution in [2.45, 2.75) is 58.5 Å². The lowest BCUT2D eigenvalue weighted by molar-refractivity contribution is 0.243. The summed E-state index contributed by atoms with van der Waals surface area (Å²) < 4.78 is 0. The number of aryl methyl sites for hydroxylation is 3. The highest BCUT2D eigenvalue weighted by molar-refractivity contribution is 5.91. The number of nitrogens with one attached hydrogen (secondary N) is 3. The van der Waals surface area contributed by atoms with Gasteiger partial charge in [-0.2, -0.15) is 4.98 Å². The normalized spacial score (nSPS) is 18.8. The van der Waals surface area contributed by atoms with Crippen LogP contribution in [0.5, 0.6) is 0 Å². The summed E-state index contributed by atoms with van der Waals surface area (Å²) in [6.07, 6.45) is 5.60. The van der Waals surface area contributed by atoms with E-state index in [9.17, 15) is 4.79 Å². The first-order valence-electron chi connectivity index (χ1n) is 10.2. The van der Waals surface area contributed by atoms with E-state index in [1.54, 1.807) is 6.20 Å². The molecule has 29 heavy (non-hydrogen) atoms. The summed E-state index contributed by atoms with van der Waals surface area (Å²) in [7, 11) is 3.93. The van der Waals surface area contributed by atoms with Crippen LogP contribution in [0.15, 0.2) is 24.4 Å². The second-order valence-corrected chi connectivity index (χ2v) is 8.20. The van der Waals surface area contributed by atoms with Gasteiger partial charge in [0.15, 0.2) is 0 Å². The second-order valence-electron chi connectivity index (χ2n) is 8.20. The van der Waals surface area contributed by atoms with Gasteiger partial charge in [0, 0.05) is 38.1 Å². The van der Waals surface area contributed by atoms with Gasteiger partial charge in [-0.1, -0.05) is 17.7 Å². The van der Waals surface area contributed by atoms with Crippen molar-refractivity contribution < 1.29 is 4.79 Å². The summed E-state index contributed by atoms with van der Waals surface area (Å²) in [5, 5.41) is 9.59. The lowest BCUT2D eigenvalue weighted by Gasteiger charge is -2.30. The highest BCUT2D eigenvalue weighted by Crippen LogP contribution is 2.24. The van der Waals surface area contributed by atoms with E-state index in [2.05, 4.69) is 45.0 Å². The van der Waals surface area contributed by atoms with Crippen molar-refractivity contribution in [3.05, 3.63) is 41.1 Å². The Kier molecular flexibility index (Phi) is 6.56. The zero-order valence-electron chi connectivity index (χ0n) is 18.0. The molecule has 1 fully saturated rings. The van der Waals surface area contributed by atoms with Crippen LogP contribution in [-0.4, -0.2) is 42.2 Å². The number of rotatable bonds is 5. The van der Waals surface area contributed by atoms with Crippen LogP contribution in [0.1, 0.15) is 42.4 Å². The molecule has 0 saturated heterocycles. The van der Waals surface area contributed by atoms with Crippen molar-refractivity contribution in [3.8, 4) is 0 Å². The van der Waals surface area contributed by atoms with Crippen molar-refractivity contribution in [2.75, 3.05) is 29.6 Å². The predicted molar refractivity (Wildman–Crippen MR) is 119 cm³/mol. The Balaban J connectivity index is 1.48. The van der Waals surface area contributed by atoms with Gasteiger partial charge in [-0.25, -0.2) is 9.78 Å². The minimum Gasteiger partial charge on any atom is -0.363 e. The molecule has 1 heterocycles. The third-order valence-electron chi connectivity index (χ3n) is 5.41. The van der Waals surface area contributed by atoms with Crippen LogP contribution in [0.25, 0.3) is 0 Å². The molecule has 1 saturated carbocycles. The molecule has 3 N–H and O–H groups in total. The Bertz CT molecular complexity index is 835. The van der Waals surface area contributed by atoms with Crippen molar-refractivity contribution in [2.24, 2.45) is 0 Å². The molecule has 0 spiro atoms. The molecule has 1 aliphatic rings. The molecule has 0 unspecified atom stereocenters. The number of urea groups is 1. The first-order valence-corrected chi connectivity index (χ1v) is 10.2. The van der Waals surface area contributed by atoms with Crippen molar-refractivity contribution in [1.82, 2.24) is 15.3 Å². The molecule has 7 nitrogen and oxygen atoms in total. The van der Waals surface area contributed by atoms with E-state index >= 15 is 0 Å². The third-order valence-corrected chi connectivity index (χ3v) is 5.41. The standard InChI is InChI=1S/C22H32N6O/c1-14-12-15(2)20(16(3)13-14)27-22(29)25-18-8-6-17(7-9-18)24-21-23-11-10-19(26-21)28(4)5/h10-13,17-18H,6-9H2,1-5H3,(H,23,24,26)(H2,25,27,29)/t17-,18+. The lowest BCUT2D eigenvalue weighted by Crippen LogP contribution is -2.42. The minimum absolute atomic E-state index is 0.126. The van der Waals surface area contributed by atoms with E-state index < -0.39 is 0 Å². The smallest absolute Gasteiger partial charge is 0.319 e. The molecule has 2 amide bonds. The van der Waals surface area contributed by atoms with E-state index in [0.717, 1.165) is 48.3 Å². The molecule has 156 valence electrons. The quantitative estimate of drug-likeness (QED) is 0.711. The zero-order valence-corrected chi connectivity index (χ0v) is 18.0. The van der Waals surface area contributed by atoms with Gasteiger partial charge in [0.2, 0.25) is 5.95 Å². The van der Waals surface area contributed by atoms with Gasteiger partial charge in [-0.3, -0.25) is 0 Å². The summed E-state index contributed by atoms with van der Waals surface area (Å²) in [4.78, 5) is 23.3. The number of amides is 2. The third kappa shape index (κ3) is 5.59. The topological polar surface area (TPSA) is 82.2 Å². The first-order chi connectivity index (χ1) is 13.8. The maximum Gasteiger partial charge on any atom is 0.319 e. The number of benzene rings is 1. The molecule has 7 heteroatoms. The van der Waals surface area contributed by atoms with E-state index in [4.69, 9.17) is 0 Å². The van der Waals surface area contributed by atoms with Gasteiger partial charge in [-0.15, -0.1) is 0 Å². The van der Waals surface area contributed by atoms with Crippen LogP contribution < -0.4 is 20.9 Å². The number of anilines is 3. The SMILES string of the molecule is Cc1cc(C)c(NC(=O)N[C@H]2CC[C@@H](Nc3nccc(N(C)C)n3)CC2)c(C)c1. The fourth-order valence-electron chi connectivity index (χ4n) is 3.94. The monoisotopic (exact) mass is 396 g/mol. The van der Waals surface area contributed by atoms with Gasteiger partial charge < -0.3 is 20.9 Å². The van der Waals surface area contributed by atoms with E-state index in [-0.39, 0.29) is 12.1 Å². The van der Waals surface area contributed by atoms with Crippen molar-refractivity contribution in [3.63, 3.8) is 0 Å². The Hall–Kier alpha value is -2.83. The summed E-state index contributed by atoms with van der Waals surface area (Å²) >= 11 is 0.